The van der Waals surface area contributed by atoms with E-state index in [1.807, 2.05) is 7.05 Å². The highest BCUT2D eigenvalue weighted by Gasteiger charge is 2.37. The van der Waals surface area contributed by atoms with Crippen molar-refractivity contribution < 1.29 is 4.74 Å². The molecule has 19 heavy (non-hydrogen) atoms. The molecule has 0 aromatic carbocycles. The van der Waals surface area contributed by atoms with Gasteiger partial charge in [-0.3, -0.25) is 4.99 Å². The van der Waals surface area contributed by atoms with Crippen LogP contribution in [0.2, 0.25) is 0 Å². The van der Waals surface area contributed by atoms with Crippen LogP contribution in [0.4, 0.5) is 0 Å². The maximum absolute atomic E-state index is 6.22. The zero-order chi connectivity index (χ0) is 13.6. The fourth-order valence-electron chi connectivity index (χ4n) is 3.54. The maximum Gasteiger partial charge on any atom is 0.0682 e. The fourth-order valence-corrected chi connectivity index (χ4v) is 3.54. The summed E-state index contributed by atoms with van der Waals surface area (Å²) in [6.45, 7) is 3.14. The van der Waals surface area contributed by atoms with Gasteiger partial charge >= 0.3 is 0 Å². The topological polar surface area (TPSA) is 21.6 Å². The number of ether oxygens (including phenoxy) is 1. The fraction of sp³-hybridized carbons (Fsp3) is 0.824. The number of hydrogen-bond donors (Lipinski definition) is 0. The summed E-state index contributed by atoms with van der Waals surface area (Å²) in [5.41, 5.74) is 1.52. The van der Waals surface area contributed by atoms with Crippen molar-refractivity contribution in [3.05, 3.63) is 12.2 Å². The molecule has 0 bridgehead atoms. The second-order valence-electron chi connectivity index (χ2n) is 6.10. The molecule has 0 aromatic rings. The minimum atomic E-state index is 0.237. The van der Waals surface area contributed by atoms with Crippen LogP contribution in [-0.4, -0.2) is 25.0 Å². The summed E-state index contributed by atoms with van der Waals surface area (Å²) in [5.74, 6) is 0.609. The van der Waals surface area contributed by atoms with Gasteiger partial charge in [-0.15, -0.1) is 0 Å². The Kier molecular flexibility index (Phi) is 5.62. The first-order valence-corrected chi connectivity index (χ1v) is 8.07. The molecule has 1 aliphatic carbocycles. The van der Waals surface area contributed by atoms with Gasteiger partial charge in [0.2, 0.25) is 0 Å². The number of hydrogen-bond acceptors (Lipinski definition) is 2. The highest BCUT2D eigenvalue weighted by molar-refractivity contribution is 5.96. The molecule has 0 aromatic heterocycles. The number of rotatable bonds is 4. The lowest BCUT2D eigenvalue weighted by Gasteiger charge is -2.27. The molecular weight excluding hydrogens is 234 g/mol. The number of aliphatic imine (C=N–C) groups is 1. The van der Waals surface area contributed by atoms with Gasteiger partial charge < -0.3 is 4.74 Å². The van der Waals surface area contributed by atoms with E-state index < -0.39 is 0 Å². The summed E-state index contributed by atoms with van der Waals surface area (Å²) in [6.07, 6.45) is 15.8. The first-order chi connectivity index (χ1) is 9.29. The summed E-state index contributed by atoms with van der Waals surface area (Å²) in [5, 5.41) is 0. The molecule has 1 spiro atoms. The second kappa shape index (κ2) is 7.23. The van der Waals surface area contributed by atoms with Crippen molar-refractivity contribution in [3.63, 3.8) is 0 Å². The third-order valence-electron chi connectivity index (χ3n) is 4.76. The van der Waals surface area contributed by atoms with Crippen molar-refractivity contribution in [2.24, 2.45) is 10.9 Å². The number of unbranched alkanes of at least 4 members (excludes halogenated alkanes) is 1. The van der Waals surface area contributed by atoms with Crippen LogP contribution >= 0.6 is 0 Å². The Morgan fingerprint density at radius 3 is 2.74 bits per heavy atom. The third-order valence-corrected chi connectivity index (χ3v) is 4.76. The predicted molar refractivity (Wildman–Crippen MR) is 81.9 cm³/mol. The molecule has 0 N–H and O–H groups in total. The minimum absolute atomic E-state index is 0.237. The van der Waals surface area contributed by atoms with Crippen LogP contribution in [0.15, 0.2) is 17.1 Å². The van der Waals surface area contributed by atoms with Gasteiger partial charge in [-0.1, -0.05) is 32.3 Å². The molecule has 2 heteroatoms. The molecule has 1 saturated carbocycles. The Morgan fingerprint density at radius 1 is 1.26 bits per heavy atom. The van der Waals surface area contributed by atoms with Crippen molar-refractivity contribution >= 4 is 5.71 Å². The van der Waals surface area contributed by atoms with Crippen molar-refractivity contribution in [2.45, 2.75) is 70.3 Å². The van der Waals surface area contributed by atoms with Gasteiger partial charge in [0.15, 0.2) is 0 Å². The zero-order valence-electron chi connectivity index (χ0n) is 12.7. The Morgan fingerprint density at radius 2 is 2.05 bits per heavy atom. The van der Waals surface area contributed by atoms with E-state index in [9.17, 15) is 0 Å². The van der Waals surface area contributed by atoms with E-state index >= 15 is 0 Å². The predicted octanol–water partition coefficient (Wildman–Crippen LogP) is 4.54. The van der Waals surface area contributed by atoms with Crippen LogP contribution in [0.25, 0.3) is 0 Å². The first kappa shape index (κ1) is 14.8. The third kappa shape index (κ3) is 3.92. The van der Waals surface area contributed by atoms with Gasteiger partial charge in [0.25, 0.3) is 0 Å². The summed E-state index contributed by atoms with van der Waals surface area (Å²) in [6, 6.07) is 0. The largest absolute Gasteiger partial charge is 0.375 e. The van der Waals surface area contributed by atoms with E-state index in [2.05, 4.69) is 24.1 Å². The molecule has 2 aliphatic rings. The highest BCUT2D eigenvalue weighted by atomic mass is 16.5. The van der Waals surface area contributed by atoms with Crippen molar-refractivity contribution in [1.82, 2.24) is 0 Å². The molecule has 1 unspecified atom stereocenters. The van der Waals surface area contributed by atoms with Crippen LogP contribution in [0.5, 0.6) is 0 Å². The monoisotopic (exact) mass is 263 g/mol. The number of nitrogens with zero attached hydrogens (tertiary/aromatic N) is 1. The summed E-state index contributed by atoms with van der Waals surface area (Å²) < 4.78 is 6.22. The Hall–Kier alpha value is -0.630. The molecule has 1 atom stereocenters. The lowest BCUT2D eigenvalue weighted by Crippen LogP contribution is -2.27. The van der Waals surface area contributed by atoms with Gasteiger partial charge in [-0.05, 0) is 44.6 Å². The van der Waals surface area contributed by atoms with E-state index in [1.54, 1.807) is 0 Å². The van der Waals surface area contributed by atoms with Crippen LogP contribution in [-0.2, 0) is 4.74 Å². The van der Waals surface area contributed by atoms with E-state index in [-0.39, 0.29) is 5.60 Å². The summed E-state index contributed by atoms with van der Waals surface area (Å²) >= 11 is 0. The molecule has 1 aliphatic heterocycles. The van der Waals surface area contributed by atoms with Crippen molar-refractivity contribution in [3.8, 4) is 0 Å². The van der Waals surface area contributed by atoms with E-state index in [0.29, 0.717) is 5.92 Å². The van der Waals surface area contributed by atoms with Crippen LogP contribution in [0.3, 0.4) is 0 Å². The van der Waals surface area contributed by atoms with Gasteiger partial charge in [0, 0.05) is 25.3 Å². The smallest absolute Gasteiger partial charge is 0.0682 e. The molecule has 2 nitrogen and oxygen atoms in total. The number of allylic oxidation sites excluding steroid dienone is 2. The molecular formula is C17H29NO. The van der Waals surface area contributed by atoms with E-state index in [1.165, 1.54) is 50.7 Å². The van der Waals surface area contributed by atoms with Crippen LogP contribution in [0.1, 0.15) is 64.7 Å². The minimum Gasteiger partial charge on any atom is -0.375 e. The van der Waals surface area contributed by atoms with Crippen molar-refractivity contribution in [2.75, 3.05) is 13.7 Å². The normalized spacial score (nSPS) is 28.1. The SMILES string of the molecule is CCC/C=C\C(=NC)C1CCOC2(CCCC2)CC1. The average Bonchev–Trinajstić information content (AvgIpc) is 2.78. The standard InChI is InChI=1S/C17H29NO/c1-3-4-5-8-16(18-2)15-9-13-17(19-14-10-15)11-6-7-12-17/h5,8,15H,3-4,6-7,9-14H2,1-2H3/b8-5-,18-16?. The van der Waals surface area contributed by atoms with E-state index in [4.69, 9.17) is 4.74 Å². The Balaban J connectivity index is 1.94. The van der Waals surface area contributed by atoms with Crippen molar-refractivity contribution in [1.29, 1.82) is 0 Å². The lowest BCUT2D eigenvalue weighted by molar-refractivity contribution is -0.0370. The molecule has 0 amide bonds. The van der Waals surface area contributed by atoms with Gasteiger partial charge in [0.05, 0.1) is 5.60 Å². The highest BCUT2D eigenvalue weighted by Crippen LogP contribution is 2.40. The second-order valence-corrected chi connectivity index (χ2v) is 6.10. The Labute approximate surface area is 118 Å². The molecule has 108 valence electrons. The van der Waals surface area contributed by atoms with Gasteiger partial charge in [0.1, 0.15) is 0 Å². The summed E-state index contributed by atoms with van der Waals surface area (Å²) in [4.78, 5) is 4.51. The molecule has 1 heterocycles. The van der Waals surface area contributed by atoms with Crippen LogP contribution in [0, 0.1) is 5.92 Å². The zero-order valence-corrected chi connectivity index (χ0v) is 12.7. The lowest BCUT2D eigenvalue weighted by atomic mass is 9.88. The molecule has 2 fully saturated rings. The maximum atomic E-state index is 6.22. The molecule has 1 saturated heterocycles. The quantitative estimate of drug-likeness (QED) is 0.682. The van der Waals surface area contributed by atoms with Gasteiger partial charge in [-0.25, -0.2) is 0 Å². The first-order valence-electron chi connectivity index (χ1n) is 8.07. The summed E-state index contributed by atoms with van der Waals surface area (Å²) in [7, 11) is 1.93. The van der Waals surface area contributed by atoms with Crippen LogP contribution < -0.4 is 0 Å². The van der Waals surface area contributed by atoms with Gasteiger partial charge in [-0.2, -0.15) is 0 Å². The van der Waals surface area contributed by atoms with E-state index in [0.717, 1.165) is 19.4 Å². The molecule has 0 radical (unpaired) electrons. The average molecular weight is 263 g/mol. The molecule has 2 rings (SSSR count). The Bertz CT molecular complexity index is 326.